The second-order valence-corrected chi connectivity index (χ2v) is 9.32. The average molecular weight is 452 g/mol. The molecule has 0 radical (unpaired) electrons. The largest absolute Gasteiger partial charge is 0.497 e. The summed E-state index contributed by atoms with van der Waals surface area (Å²) >= 11 is 0. The Bertz CT molecular complexity index is 1210. The molecule has 2 aliphatic heterocycles. The molecule has 174 valence electrons. The highest BCUT2D eigenvalue weighted by Crippen LogP contribution is 2.50. The molecule has 0 unspecified atom stereocenters. The molecule has 0 bridgehead atoms. The zero-order valence-corrected chi connectivity index (χ0v) is 19.3. The molecule has 3 aromatic rings. The summed E-state index contributed by atoms with van der Waals surface area (Å²) in [5.74, 6) is 0.675. The van der Waals surface area contributed by atoms with E-state index in [0.29, 0.717) is 32.6 Å². The maximum atomic E-state index is 13.9. The van der Waals surface area contributed by atoms with E-state index in [2.05, 4.69) is 15.5 Å². The zero-order chi connectivity index (χ0) is 23.3. The first-order chi connectivity index (χ1) is 15.9. The number of nitrogens with zero attached hydrogens (tertiary/aromatic N) is 3. The molecule has 1 saturated heterocycles. The van der Waals surface area contributed by atoms with Crippen LogP contribution in [0.25, 0.3) is 10.9 Å². The molecule has 0 saturated carbocycles. The summed E-state index contributed by atoms with van der Waals surface area (Å²) in [6.07, 6.45) is 0.488. The van der Waals surface area contributed by atoms with E-state index >= 15 is 0 Å². The van der Waals surface area contributed by atoms with Crippen molar-refractivity contribution in [2.75, 3.05) is 33.4 Å². The Morgan fingerprint density at radius 2 is 2.00 bits per heavy atom. The Labute approximate surface area is 193 Å². The number of carbonyl (C=O) groups is 1. The summed E-state index contributed by atoms with van der Waals surface area (Å²) in [7, 11) is 3.68. The second kappa shape index (κ2) is 8.15. The average Bonchev–Trinajstić information content (AvgIpc) is 3.09. The topological polar surface area (TPSA) is 57.9 Å². The summed E-state index contributed by atoms with van der Waals surface area (Å²) in [5.41, 5.74) is 3.97. The Kier molecular flexibility index (Phi) is 5.41. The van der Waals surface area contributed by atoms with Crippen molar-refractivity contribution in [3.05, 3.63) is 65.1 Å². The fourth-order valence-electron chi connectivity index (χ4n) is 5.84. The fraction of sp³-hybridized carbons (Fsp3) is 0.423. The van der Waals surface area contributed by atoms with Gasteiger partial charge in [-0.15, -0.1) is 0 Å². The van der Waals surface area contributed by atoms with Gasteiger partial charge in [-0.25, -0.2) is 4.39 Å². The first-order valence-corrected chi connectivity index (χ1v) is 11.4. The van der Waals surface area contributed by atoms with E-state index in [0.717, 1.165) is 27.9 Å². The summed E-state index contributed by atoms with van der Waals surface area (Å²) in [6, 6.07) is 12.5. The van der Waals surface area contributed by atoms with Crippen molar-refractivity contribution < 1.29 is 19.0 Å². The van der Waals surface area contributed by atoms with Gasteiger partial charge in [0.25, 0.3) is 0 Å². The number of aryl methyl sites for hydroxylation is 1. The van der Waals surface area contributed by atoms with Crippen molar-refractivity contribution in [3.8, 4) is 5.75 Å². The molecule has 0 aliphatic carbocycles. The number of halogens is 1. The van der Waals surface area contributed by atoms with Gasteiger partial charge in [0.15, 0.2) is 0 Å². The third-order valence-corrected chi connectivity index (χ3v) is 7.34. The number of hydrogen-bond acceptors (Lipinski definition) is 4. The van der Waals surface area contributed by atoms with E-state index in [1.54, 1.807) is 19.2 Å². The molecule has 1 N–H and O–H groups in total. The Hall–Kier alpha value is -2.90. The number of benzene rings is 2. The van der Waals surface area contributed by atoms with Crippen molar-refractivity contribution in [2.45, 2.75) is 31.3 Å². The van der Waals surface area contributed by atoms with E-state index in [9.17, 15) is 14.3 Å². The molecule has 7 heteroatoms. The number of amides is 1. The van der Waals surface area contributed by atoms with Gasteiger partial charge in [-0.2, -0.15) is 0 Å². The van der Waals surface area contributed by atoms with Crippen LogP contribution >= 0.6 is 0 Å². The van der Waals surface area contributed by atoms with Gasteiger partial charge in [0.05, 0.1) is 25.3 Å². The molecule has 33 heavy (non-hydrogen) atoms. The van der Waals surface area contributed by atoms with E-state index in [1.807, 2.05) is 37.1 Å². The summed E-state index contributed by atoms with van der Waals surface area (Å²) in [6.45, 7) is 4.36. The Morgan fingerprint density at radius 3 is 2.67 bits per heavy atom. The van der Waals surface area contributed by atoms with Crippen molar-refractivity contribution in [2.24, 2.45) is 7.05 Å². The molecule has 1 spiro atoms. The second-order valence-electron chi connectivity index (χ2n) is 9.32. The fourth-order valence-corrected chi connectivity index (χ4v) is 5.84. The van der Waals surface area contributed by atoms with E-state index < -0.39 is 0 Å². The van der Waals surface area contributed by atoms with Crippen molar-refractivity contribution in [1.29, 1.82) is 0 Å². The van der Waals surface area contributed by atoms with Crippen LogP contribution in [0.15, 0.2) is 42.5 Å². The van der Waals surface area contributed by atoms with E-state index in [4.69, 9.17) is 4.74 Å². The number of likely N-dealkylation sites (tertiary alicyclic amines) is 1. The number of aromatic nitrogens is 1. The number of hydrogen-bond donors (Lipinski definition) is 1. The van der Waals surface area contributed by atoms with Crippen LogP contribution in [0.4, 0.5) is 4.39 Å². The third kappa shape index (κ3) is 3.42. The molecular formula is C26H30FN3O3. The summed E-state index contributed by atoms with van der Waals surface area (Å²) < 4.78 is 21.5. The van der Waals surface area contributed by atoms with Crippen LogP contribution < -0.4 is 4.74 Å². The van der Waals surface area contributed by atoms with Gasteiger partial charge >= 0.3 is 0 Å². The Morgan fingerprint density at radius 1 is 1.21 bits per heavy atom. The van der Waals surface area contributed by atoms with Gasteiger partial charge in [0.1, 0.15) is 11.6 Å². The molecule has 6 nitrogen and oxygen atoms in total. The van der Waals surface area contributed by atoms with Crippen LogP contribution in [0, 0.1) is 5.82 Å². The number of ether oxygens (including phenoxy) is 1. The van der Waals surface area contributed by atoms with Crippen LogP contribution in [-0.2, 0) is 23.8 Å². The summed E-state index contributed by atoms with van der Waals surface area (Å²) in [4.78, 5) is 16.6. The van der Waals surface area contributed by atoms with Crippen LogP contribution in [0.1, 0.15) is 36.2 Å². The summed E-state index contributed by atoms with van der Waals surface area (Å²) in [5, 5.41) is 11.7. The van der Waals surface area contributed by atoms with Gasteiger partial charge in [-0.05, 0) is 35.4 Å². The molecule has 1 fully saturated rings. The Balaban J connectivity index is 1.64. The van der Waals surface area contributed by atoms with Gasteiger partial charge < -0.3 is 19.3 Å². The predicted octanol–water partition coefficient (Wildman–Crippen LogP) is 3.37. The number of fused-ring (bicyclic) bond motifs is 4. The standard InChI is InChI=1S/C26H30FN3O3/c1-4-23(32)30-15-26(16-30)14-29(12-17-6-5-7-18(27)10-17)22(13-31)25-24(26)20-9-8-19(33-3)11-21(20)28(25)2/h5-11,22,31H,4,12-16H2,1-3H3/t22-/m0/s1. The number of rotatable bonds is 5. The minimum Gasteiger partial charge on any atom is -0.497 e. The maximum absolute atomic E-state index is 13.9. The smallest absolute Gasteiger partial charge is 0.222 e. The molecule has 5 rings (SSSR count). The minimum absolute atomic E-state index is 0.0443. The number of methoxy groups -OCH3 is 1. The lowest BCUT2D eigenvalue weighted by Gasteiger charge is -2.56. The first-order valence-electron chi connectivity index (χ1n) is 11.4. The number of aliphatic hydroxyl groups excluding tert-OH is 1. The lowest BCUT2D eigenvalue weighted by molar-refractivity contribution is -0.140. The first kappa shape index (κ1) is 21.9. The lowest BCUT2D eigenvalue weighted by atomic mass is 9.68. The van der Waals surface area contributed by atoms with Gasteiger partial charge in [-0.1, -0.05) is 19.1 Å². The van der Waals surface area contributed by atoms with Gasteiger partial charge in [-0.3, -0.25) is 9.69 Å². The van der Waals surface area contributed by atoms with Crippen molar-refractivity contribution in [1.82, 2.24) is 14.4 Å². The van der Waals surface area contributed by atoms with Gasteiger partial charge in [0, 0.05) is 62.2 Å². The van der Waals surface area contributed by atoms with E-state index in [1.165, 1.54) is 11.6 Å². The maximum Gasteiger partial charge on any atom is 0.222 e. The quantitative estimate of drug-likeness (QED) is 0.646. The van der Waals surface area contributed by atoms with Crippen LogP contribution in [0.3, 0.4) is 0 Å². The van der Waals surface area contributed by atoms with E-state index in [-0.39, 0.29) is 29.8 Å². The minimum atomic E-state index is -0.263. The highest BCUT2D eigenvalue weighted by Gasteiger charge is 2.54. The monoisotopic (exact) mass is 451 g/mol. The molecule has 1 amide bonds. The lowest BCUT2D eigenvalue weighted by Crippen LogP contribution is -2.67. The molecular weight excluding hydrogens is 421 g/mol. The molecule has 1 aromatic heterocycles. The van der Waals surface area contributed by atoms with Gasteiger partial charge in [0.2, 0.25) is 5.91 Å². The van der Waals surface area contributed by atoms with Crippen molar-refractivity contribution in [3.63, 3.8) is 0 Å². The SMILES string of the molecule is CCC(=O)N1CC2(C1)CN(Cc1cccc(F)c1)[C@@H](CO)c1c2c2ccc(OC)cc2n1C. The highest BCUT2D eigenvalue weighted by atomic mass is 19.1. The van der Waals surface area contributed by atoms with Crippen LogP contribution in [-0.4, -0.2) is 58.7 Å². The van der Waals surface area contributed by atoms with Crippen LogP contribution in [0.2, 0.25) is 0 Å². The molecule has 2 aliphatic rings. The van der Waals surface area contributed by atoms with Crippen LogP contribution in [0.5, 0.6) is 5.75 Å². The molecule has 3 heterocycles. The molecule has 1 atom stereocenters. The zero-order valence-electron chi connectivity index (χ0n) is 19.3. The number of aliphatic hydroxyl groups is 1. The normalized spacial score (nSPS) is 19.5. The predicted molar refractivity (Wildman–Crippen MR) is 125 cm³/mol. The molecule has 2 aromatic carbocycles. The third-order valence-electron chi connectivity index (χ3n) is 7.34. The van der Waals surface area contributed by atoms with Crippen molar-refractivity contribution >= 4 is 16.8 Å². The highest BCUT2D eigenvalue weighted by molar-refractivity contribution is 5.89. The number of carbonyl (C=O) groups excluding carboxylic acids is 1.